The zero-order valence-electron chi connectivity index (χ0n) is 33.1. The number of hydrogen-bond acceptors (Lipinski definition) is 2. The summed E-state index contributed by atoms with van der Waals surface area (Å²) in [6, 6.07) is 68.5. The van der Waals surface area contributed by atoms with Crippen LogP contribution >= 0.6 is 0 Å². The van der Waals surface area contributed by atoms with E-state index in [1.165, 1.54) is 72.1 Å². The van der Waals surface area contributed by atoms with E-state index in [0.717, 1.165) is 23.2 Å². The Kier molecular flexibility index (Phi) is 11.7. The van der Waals surface area contributed by atoms with E-state index in [-0.39, 0.29) is 6.04 Å². The molecule has 0 saturated carbocycles. The second kappa shape index (κ2) is 17.9. The second-order valence-electron chi connectivity index (χ2n) is 14.3. The molecule has 2 aliphatic rings. The highest BCUT2D eigenvalue weighted by Gasteiger charge is 2.14. The van der Waals surface area contributed by atoms with E-state index in [1.54, 1.807) is 0 Å². The standard InChI is InChI=1S/C31H23N.C23H19N.C2H6/c1-2-5-22(6-3-1)23-9-11-24(12-10-23)25-13-15-26(16-14-25)28-19-20-31-29(21-28)18-17-27-7-4-8-30(27)32-31;24-23(19-8-2-1-3-9-19)20-15-13-18(14-16-20)22-12-6-10-17-7-4-5-11-21(17)22;1-2/h1-3,5-21,32H,4H2;1-16,23H,24H2;1-2H3. The fraction of sp³-hybridized carbons (Fsp3) is 0.0714. The molecule has 0 radical (unpaired) electrons. The Morgan fingerprint density at radius 2 is 0.966 bits per heavy atom. The lowest BCUT2D eigenvalue weighted by Crippen LogP contribution is -2.11. The minimum Gasteiger partial charge on any atom is -0.355 e. The highest BCUT2D eigenvalue weighted by molar-refractivity contribution is 5.96. The zero-order valence-corrected chi connectivity index (χ0v) is 33.1. The topological polar surface area (TPSA) is 38.0 Å². The maximum Gasteiger partial charge on any atom is 0.0551 e. The van der Waals surface area contributed by atoms with Crippen LogP contribution in [0.1, 0.15) is 43.0 Å². The third-order valence-electron chi connectivity index (χ3n) is 10.8. The molecule has 1 atom stereocenters. The smallest absolute Gasteiger partial charge is 0.0551 e. The lowest BCUT2D eigenvalue weighted by atomic mass is 9.94. The number of rotatable bonds is 6. The lowest BCUT2D eigenvalue weighted by molar-refractivity contribution is 0.872. The minimum absolute atomic E-state index is 0.0900. The predicted octanol–water partition coefficient (Wildman–Crippen LogP) is 14.9. The van der Waals surface area contributed by atoms with Gasteiger partial charge in [-0.25, -0.2) is 0 Å². The van der Waals surface area contributed by atoms with Gasteiger partial charge in [-0.1, -0.05) is 220 Å². The second-order valence-corrected chi connectivity index (χ2v) is 14.3. The van der Waals surface area contributed by atoms with Crippen molar-refractivity contribution in [1.29, 1.82) is 0 Å². The monoisotopic (exact) mass is 748 g/mol. The normalized spacial score (nSPS) is 12.9. The van der Waals surface area contributed by atoms with Gasteiger partial charge in [0.05, 0.1) is 6.04 Å². The Bertz CT molecular complexity index is 2700. The Balaban J connectivity index is 0.000000161. The molecule has 282 valence electrons. The molecule has 0 amide bonds. The van der Waals surface area contributed by atoms with Crippen LogP contribution in [0.3, 0.4) is 0 Å². The summed E-state index contributed by atoms with van der Waals surface area (Å²) >= 11 is 0. The van der Waals surface area contributed by atoms with Gasteiger partial charge in [0.2, 0.25) is 0 Å². The number of nitrogens with two attached hydrogens (primary N) is 1. The van der Waals surface area contributed by atoms with Crippen molar-refractivity contribution in [1.82, 2.24) is 0 Å². The summed E-state index contributed by atoms with van der Waals surface area (Å²) in [4.78, 5) is 0. The van der Waals surface area contributed by atoms with Crippen LogP contribution in [-0.2, 0) is 0 Å². The van der Waals surface area contributed by atoms with E-state index >= 15 is 0 Å². The molecule has 2 heteroatoms. The van der Waals surface area contributed by atoms with E-state index in [0.29, 0.717) is 0 Å². The molecule has 1 unspecified atom stereocenters. The molecule has 1 heterocycles. The van der Waals surface area contributed by atoms with Crippen molar-refractivity contribution < 1.29 is 0 Å². The van der Waals surface area contributed by atoms with Crippen molar-refractivity contribution in [2.75, 3.05) is 5.32 Å². The van der Waals surface area contributed by atoms with E-state index in [9.17, 15) is 0 Å². The van der Waals surface area contributed by atoms with Crippen LogP contribution in [0.15, 0.2) is 224 Å². The van der Waals surface area contributed by atoms with Gasteiger partial charge in [-0.2, -0.15) is 0 Å². The van der Waals surface area contributed by atoms with Gasteiger partial charge >= 0.3 is 0 Å². The number of benzene rings is 8. The first kappa shape index (κ1) is 37.9. The number of hydrogen-bond donors (Lipinski definition) is 2. The Morgan fingerprint density at radius 1 is 0.448 bits per heavy atom. The maximum absolute atomic E-state index is 6.40. The summed E-state index contributed by atoms with van der Waals surface area (Å²) in [5, 5.41) is 6.12. The van der Waals surface area contributed by atoms with Gasteiger partial charge in [-0.3, -0.25) is 0 Å². The quantitative estimate of drug-likeness (QED) is 0.178. The summed E-state index contributed by atoms with van der Waals surface area (Å²) in [7, 11) is 0. The van der Waals surface area contributed by atoms with E-state index in [2.05, 4.69) is 206 Å². The van der Waals surface area contributed by atoms with Crippen molar-refractivity contribution in [2.45, 2.75) is 26.3 Å². The van der Waals surface area contributed by atoms with Crippen LogP contribution in [0.25, 0.3) is 61.4 Å². The molecule has 0 bridgehead atoms. The summed E-state index contributed by atoms with van der Waals surface area (Å²) in [5.74, 6) is 0. The first-order valence-corrected chi connectivity index (χ1v) is 20.3. The zero-order chi connectivity index (χ0) is 39.7. The molecule has 58 heavy (non-hydrogen) atoms. The van der Waals surface area contributed by atoms with Gasteiger partial charge in [-0.15, -0.1) is 0 Å². The van der Waals surface area contributed by atoms with Crippen LogP contribution in [0, 0.1) is 0 Å². The molecule has 1 aliphatic carbocycles. The Labute approximate surface area is 343 Å². The average molecular weight is 749 g/mol. The highest BCUT2D eigenvalue weighted by Crippen LogP contribution is 2.35. The largest absolute Gasteiger partial charge is 0.355 e. The van der Waals surface area contributed by atoms with E-state index in [4.69, 9.17) is 5.73 Å². The van der Waals surface area contributed by atoms with Gasteiger partial charge in [0.25, 0.3) is 0 Å². The van der Waals surface area contributed by atoms with Gasteiger partial charge in [0.15, 0.2) is 0 Å². The van der Waals surface area contributed by atoms with E-state index < -0.39 is 0 Å². The molecule has 0 spiro atoms. The van der Waals surface area contributed by atoms with Crippen LogP contribution in [-0.4, -0.2) is 0 Å². The summed E-state index contributed by atoms with van der Waals surface area (Å²) in [5.41, 5.74) is 23.4. The first-order valence-electron chi connectivity index (χ1n) is 20.3. The highest BCUT2D eigenvalue weighted by atomic mass is 14.9. The fourth-order valence-corrected chi connectivity index (χ4v) is 7.67. The van der Waals surface area contributed by atoms with Crippen molar-refractivity contribution in [3.8, 4) is 44.5 Å². The molecule has 10 rings (SSSR count). The SMILES string of the molecule is C1=Cc2cc(-c3ccc(-c4ccc(-c5ccccc5)cc4)cc3)ccc2NC2=CCC=C12.CC.NC(c1ccccc1)c1ccc(-c2cccc3ccccc23)cc1. The average Bonchev–Trinajstić information content (AvgIpc) is 3.68. The summed E-state index contributed by atoms with van der Waals surface area (Å²) in [6.07, 6.45) is 9.94. The van der Waals surface area contributed by atoms with Crippen LogP contribution < -0.4 is 11.1 Å². The molecule has 1 aliphatic heterocycles. The molecule has 3 N–H and O–H groups in total. The van der Waals surface area contributed by atoms with Crippen molar-refractivity contribution in [2.24, 2.45) is 5.73 Å². The predicted molar refractivity (Wildman–Crippen MR) is 249 cm³/mol. The molecule has 0 fully saturated rings. The molecule has 0 saturated heterocycles. The fourth-order valence-electron chi connectivity index (χ4n) is 7.67. The molecular weight excluding hydrogens is 701 g/mol. The molecular formula is C56H48N2. The number of fused-ring (bicyclic) bond motifs is 3. The van der Waals surface area contributed by atoms with E-state index in [1.807, 2.05) is 32.0 Å². The number of nitrogens with one attached hydrogen (secondary N) is 1. The minimum atomic E-state index is -0.0900. The number of allylic oxidation sites excluding steroid dienone is 3. The van der Waals surface area contributed by atoms with Gasteiger partial charge in [0.1, 0.15) is 0 Å². The first-order chi connectivity index (χ1) is 28.7. The van der Waals surface area contributed by atoms with Gasteiger partial charge in [-0.05, 0) is 96.1 Å². The Hall–Kier alpha value is -7.00. The Morgan fingerprint density at radius 3 is 1.64 bits per heavy atom. The lowest BCUT2D eigenvalue weighted by Gasteiger charge is -2.14. The third kappa shape index (κ3) is 8.39. The van der Waals surface area contributed by atoms with Gasteiger partial charge in [0, 0.05) is 11.4 Å². The van der Waals surface area contributed by atoms with Crippen LogP contribution in [0.4, 0.5) is 5.69 Å². The van der Waals surface area contributed by atoms with Crippen LogP contribution in [0.2, 0.25) is 0 Å². The molecule has 2 nitrogen and oxygen atoms in total. The third-order valence-corrected chi connectivity index (χ3v) is 10.8. The van der Waals surface area contributed by atoms with Crippen molar-refractivity contribution >= 4 is 22.5 Å². The van der Waals surface area contributed by atoms with Crippen molar-refractivity contribution in [3.05, 3.63) is 240 Å². The maximum atomic E-state index is 6.40. The molecule has 8 aromatic carbocycles. The number of anilines is 1. The van der Waals surface area contributed by atoms with Crippen molar-refractivity contribution in [3.63, 3.8) is 0 Å². The summed E-state index contributed by atoms with van der Waals surface area (Å²) in [6.45, 7) is 4.00. The van der Waals surface area contributed by atoms with Crippen LogP contribution in [0.5, 0.6) is 0 Å². The molecule has 8 aromatic rings. The molecule has 0 aromatic heterocycles. The summed E-state index contributed by atoms with van der Waals surface area (Å²) < 4.78 is 0. The van der Waals surface area contributed by atoms with Gasteiger partial charge < -0.3 is 11.1 Å².